The molecular formula is C29H35NO11. The molecule has 0 saturated carbocycles. The molecule has 1 aromatic carbocycles. The number of ether oxygens (including phenoxy) is 5. The number of benzene rings is 1. The van der Waals surface area contributed by atoms with Crippen molar-refractivity contribution in [3.05, 3.63) is 35.1 Å². The molecule has 5 rings (SSSR count). The number of likely N-dealkylation sites (tertiary alicyclic amines) is 1. The van der Waals surface area contributed by atoms with Gasteiger partial charge >= 0.3 is 23.9 Å². The molecule has 12 heteroatoms. The SMILES string of the molecule is CCCC(=O)O[C@@H](CC(=O)OC1=CC[C@@]2(O)[C@H]3Cc4ccc(OC)c5c4[C@@]2(CCN3C)[C@H]1O5)C(=O)O[C@@H](C)C(=O)O. The molecule has 0 aromatic heterocycles. The third-order valence-electron chi connectivity index (χ3n) is 8.77. The van der Waals surface area contributed by atoms with Crippen LogP contribution in [0.2, 0.25) is 0 Å². The van der Waals surface area contributed by atoms with Crippen LogP contribution in [-0.2, 0) is 45.2 Å². The maximum Gasteiger partial charge on any atom is 0.348 e. The minimum atomic E-state index is -1.70. The molecule has 6 atom stereocenters. The van der Waals surface area contributed by atoms with Gasteiger partial charge < -0.3 is 38.8 Å². The number of nitrogens with zero attached hydrogens (tertiary/aromatic N) is 1. The van der Waals surface area contributed by atoms with Gasteiger partial charge in [-0.2, -0.15) is 0 Å². The first-order valence-corrected chi connectivity index (χ1v) is 13.8. The van der Waals surface area contributed by atoms with E-state index in [0.717, 1.165) is 18.1 Å². The Hall–Kier alpha value is -3.64. The highest BCUT2D eigenvalue weighted by Crippen LogP contribution is 2.65. The van der Waals surface area contributed by atoms with Crippen molar-refractivity contribution in [1.29, 1.82) is 0 Å². The number of aliphatic carboxylic acids is 1. The number of piperidine rings is 1. The predicted molar refractivity (Wildman–Crippen MR) is 140 cm³/mol. The van der Waals surface area contributed by atoms with Gasteiger partial charge in [-0.15, -0.1) is 0 Å². The quantitative estimate of drug-likeness (QED) is 0.308. The maximum atomic E-state index is 13.2. The third kappa shape index (κ3) is 4.53. The van der Waals surface area contributed by atoms with E-state index in [2.05, 4.69) is 4.90 Å². The average Bonchev–Trinajstić information content (AvgIpc) is 3.27. The lowest BCUT2D eigenvalue weighted by Crippen LogP contribution is -2.74. The summed E-state index contributed by atoms with van der Waals surface area (Å²) in [4.78, 5) is 51.4. The highest BCUT2D eigenvalue weighted by atomic mass is 16.6. The Bertz CT molecular complexity index is 1310. The van der Waals surface area contributed by atoms with Gasteiger partial charge in [0.15, 0.2) is 23.7 Å². The van der Waals surface area contributed by atoms with E-state index in [1.807, 2.05) is 19.2 Å². The van der Waals surface area contributed by atoms with Gasteiger partial charge in [0.1, 0.15) is 5.76 Å². The lowest BCUT2D eigenvalue weighted by Gasteiger charge is -2.61. The van der Waals surface area contributed by atoms with Crippen LogP contribution in [0.1, 0.15) is 57.1 Å². The summed E-state index contributed by atoms with van der Waals surface area (Å²) in [7, 11) is 3.52. The lowest BCUT2D eigenvalue weighted by molar-refractivity contribution is -0.179. The number of methoxy groups -OCH3 is 1. The number of hydrogen-bond donors (Lipinski definition) is 2. The molecule has 2 N–H and O–H groups in total. The number of hydrogen-bond acceptors (Lipinski definition) is 11. The van der Waals surface area contributed by atoms with Crippen LogP contribution < -0.4 is 9.47 Å². The van der Waals surface area contributed by atoms with Crippen LogP contribution >= 0.6 is 0 Å². The van der Waals surface area contributed by atoms with Crippen LogP contribution in [0.25, 0.3) is 0 Å². The molecule has 4 aliphatic rings. The normalized spacial score (nSPS) is 28.8. The lowest BCUT2D eigenvalue weighted by atomic mass is 9.50. The summed E-state index contributed by atoms with van der Waals surface area (Å²) in [5, 5.41) is 21.4. The molecule has 0 radical (unpaired) electrons. The smallest absolute Gasteiger partial charge is 0.348 e. The highest BCUT2D eigenvalue weighted by molar-refractivity contribution is 5.86. The second kappa shape index (κ2) is 10.6. The summed E-state index contributed by atoms with van der Waals surface area (Å²) in [6, 6.07) is 3.63. The first-order valence-electron chi connectivity index (χ1n) is 13.8. The van der Waals surface area contributed by atoms with Gasteiger partial charge in [0.05, 0.1) is 24.5 Å². The monoisotopic (exact) mass is 573 g/mol. The molecule has 222 valence electrons. The van der Waals surface area contributed by atoms with Crippen LogP contribution in [0.3, 0.4) is 0 Å². The second-order valence-electron chi connectivity index (χ2n) is 11.1. The number of carbonyl (C=O) groups excluding carboxylic acids is 3. The van der Waals surface area contributed by atoms with E-state index in [9.17, 15) is 24.3 Å². The molecule has 41 heavy (non-hydrogen) atoms. The van der Waals surface area contributed by atoms with Crippen molar-refractivity contribution in [3.63, 3.8) is 0 Å². The van der Waals surface area contributed by atoms with E-state index >= 15 is 0 Å². The van der Waals surface area contributed by atoms with Gasteiger partial charge in [-0.05, 0) is 57.5 Å². The molecule has 2 heterocycles. The molecule has 2 aliphatic heterocycles. The topological polar surface area (TPSA) is 158 Å². The van der Waals surface area contributed by atoms with Crippen LogP contribution in [0, 0.1) is 0 Å². The van der Waals surface area contributed by atoms with Crippen molar-refractivity contribution in [2.24, 2.45) is 0 Å². The van der Waals surface area contributed by atoms with E-state index in [4.69, 9.17) is 28.8 Å². The number of carbonyl (C=O) groups is 4. The van der Waals surface area contributed by atoms with Crippen LogP contribution in [0.4, 0.5) is 0 Å². The molecule has 2 bridgehead atoms. The summed E-state index contributed by atoms with van der Waals surface area (Å²) in [5.41, 5.74) is -0.182. The standard InChI is InChI=1S/C29H35NO11/c1-5-6-21(31)40-19(27(35)38-15(2)26(33)34)14-22(32)39-18-9-10-29(36)20-13-16-7-8-17(37-4)24-23(16)28(29,25(18)41-24)11-12-30(20)3/h7-9,15,19-20,25,36H,5-6,10-14H2,1-4H3,(H,33,34)/t15-,19-,20+,25-,28-,29+/m0/s1. The number of carboxylic acid groups (broad SMARTS) is 1. The first-order chi connectivity index (χ1) is 19.5. The highest BCUT2D eigenvalue weighted by Gasteiger charge is 2.72. The number of aliphatic hydroxyl groups is 1. The Kier molecular flexibility index (Phi) is 7.49. The Balaban J connectivity index is 1.43. The fraction of sp³-hybridized carbons (Fsp3) is 0.586. The van der Waals surface area contributed by atoms with Crippen molar-refractivity contribution in [2.45, 2.75) is 87.7 Å². The minimum absolute atomic E-state index is 0.00643. The van der Waals surface area contributed by atoms with E-state index in [1.54, 1.807) is 13.0 Å². The zero-order chi connectivity index (χ0) is 29.7. The van der Waals surface area contributed by atoms with Crippen molar-refractivity contribution in [2.75, 3.05) is 20.7 Å². The van der Waals surface area contributed by atoms with E-state index in [1.165, 1.54) is 7.11 Å². The average molecular weight is 574 g/mol. The Morgan fingerprint density at radius 1 is 1.20 bits per heavy atom. The van der Waals surface area contributed by atoms with Crippen molar-refractivity contribution >= 4 is 23.9 Å². The van der Waals surface area contributed by atoms with Gasteiger partial charge in [-0.25, -0.2) is 9.59 Å². The fourth-order valence-electron chi connectivity index (χ4n) is 6.81. The number of esters is 3. The summed E-state index contributed by atoms with van der Waals surface area (Å²) >= 11 is 0. The number of rotatable bonds is 10. The van der Waals surface area contributed by atoms with Crippen molar-refractivity contribution in [1.82, 2.24) is 4.90 Å². The summed E-state index contributed by atoms with van der Waals surface area (Å²) in [6.07, 6.45) is -1.31. The van der Waals surface area contributed by atoms with Gasteiger partial charge in [0, 0.05) is 24.4 Å². The van der Waals surface area contributed by atoms with E-state index in [-0.39, 0.29) is 24.6 Å². The summed E-state index contributed by atoms with van der Waals surface area (Å²) < 4.78 is 27.9. The maximum absolute atomic E-state index is 13.2. The second-order valence-corrected chi connectivity index (χ2v) is 11.1. The van der Waals surface area contributed by atoms with E-state index in [0.29, 0.717) is 37.3 Å². The Labute approximate surface area is 237 Å². The summed E-state index contributed by atoms with van der Waals surface area (Å²) in [5.74, 6) is -3.00. The van der Waals surface area contributed by atoms with Gasteiger partial charge in [0.2, 0.25) is 6.10 Å². The number of carboxylic acids is 1. The first kappa shape index (κ1) is 28.9. The molecule has 2 aliphatic carbocycles. The zero-order valence-corrected chi connectivity index (χ0v) is 23.5. The van der Waals surface area contributed by atoms with Crippen LogP contribution in [-0.4, -0.2) is 89.6 Å². The predicted octanol–water partition coefficient (Wildman–Crippen LogP) is 1.63. The third-order valence-corrected chi connectivity index (χ3v) is 8.77. The van der Waals surface area contributed by atoms with Crippen molar-refractivity contribution < 1.29 is 53.1 Å². The minimum Gasteiger partial charge on any atom is -0.493 e. The molecule has 0 amide bonds. The molecule has 0 unspecified atom stereocenters. The van der Waals surface area contributed by atoms with Crippen LogP contribution in [0.5, 0.6) is 11.5 Å². The number of likely N-dealkylation sites (N-methyl/N-ethyl adjacent to an activating group) is 1. The molecule has 1 spiro atoms. The van der Waals surface area contributed by atoms with Gasteiger partial charge in [-0.1, -0.05) is 13.0 Å². The van der Waals surface area contributed by atoms with Gasteiger partial charge in [-0.3, -0.25) is 9.59 Å². The van der Waals surface area contributed by atoms with E-state index < -0.39 is 59.6 Å². The largest absolute Gasteiger partial charge is 0.493 e. The molecule has 1 fully saturated rings. The van der Waals surface area contributed by atoms with Crippen molar-refractivity contribution in [3.8, 4) is 11.5 Å². The molecule has 1 aromatic rings. The fourth-order valence-corrected chi connectivity index (χ4v) is 6.81. The Morgan fingerprint density at radius 2 is 1.95 bits per heavy atom. The summed E-state index contributed by atoms with van der Waals surface area (Å²) in [6.45, 7) is 3.57. The zero-order valence-electron chi connectivity index (χ0n) is 23.5. The van der Waals surface area contributed by atoms with Gasteiger partial charge in [0.25, 0.3) is 0 Å². The molecular weight excluding hydrogens is 538 g/mol. The molecule has 12 nitrogen and oxygen atoms in total. The van der Waals surface area contributed by atoms with Crippen LogP contribution in [0.15, 0.2) is 24.0 Å². The molecule has 1 saturated heterocycles. The Morgan fingerprint density at radius 3 is 2.63 bits per heavy atom.